The summed E-state index contributed by atoms with van der Waals surface area (Å²) in [6, 6.07) is 17.8. The molecule has 1 fully saturated rings. The lowest BCUT2D eigenvalue weighted by molar-refractivity contribution is -0.123. The first-order chi connectivity index (χ1) is 18.8. The van der Waals surface area contributed by atoms with E-state index < -0.39 is 23.8 Å². The van der Waals surface area contributed by atoms with Crippen LogP contribution in [0.5, 0.6) is 5.75 Å². The summed E-state index contributed by atoms with van der Waals surface area (Å²) in [5, 5.41) is 14.5. The van der Waals surface area contributed by atoms with E-state index in [0.717, 1.165) is 35.1 Å². The molecule has 11 heteroatoms. The van der Waals surface area contributed by atoms with Gasteiger partial charge in [0.25, 0.3) is 11.8 Å². The number of primary amides is 1. The van der Waals surface area contributed by atoms with E-state index in [1.807, 2.05) is 30.3 Å². The molecule has 1 aliphatic rings. The molecule has 6 N–H and O–H groups in total. The monoisotopic (exact) mass is 545 g/mol. The molecular weight excluding hydrogens is 518 g/mol. The molecule has 0 unspecified atom stereocenters. The van der Waals surface area contributed by atoms with Gasteiger partial charge in [0, 0.05) is 18.5 Å². The summed E-state index contributed by atoms with van der Waals surface area (Å²) >= 11 is 0.743. The van der Waals surface area contributed by atoms with Crippen molar-refractivity contribution in [1.29, 1.82) is 0 Å². The highest BCUT2D eigenvalue weighted by Crippen LogP contribution is 2.37. The van der Waals surface area contributed by atoms with E-state index in [2.05, 4.69) is 9.69 Å². The van der Waals surface area contributed by atoms with Crippen LogP contribution in [-0.2, 0) is 9.53 Å². The van der Waals surface area contributed by atoms with Crippen molar-refractivity contribution in [1.82, 2.24) is 9.69 Å². The number of carbonyl (C=O) groups is 3. The van der Waals surface area contributed by atoms with Gasteiger partial charge in [-0.15, -0.1) is 0 Å². The normalized spacial score (nSPS) is 15.6. The minimum Gasteiger partial charge on any atom is -0.508 e. The molecular formula is C28H27N5O5S. The second-order valence-electron chi connectivity index (χ2n) is 9.19. The molecule has 0 radical (unpaired) electrons. The lowest BCUT2D eigenvalue weighted by Gasteiger charge is -2.32. The summed E-state index contributed by atoms with van der Waals surface area (Å²) < 4.78 is 9.67. The van der Waals surface area contributed by atoms with Crippen LogP contribution >= 0.6 is 11.5 Å². The van der Waals surface area contributed by atoms with Crippen LogP contribution in [0, 0.1) is 0 Å². The van der Waals surface area contributed by atoms with Crippen molar-refractivity contribution in [2.24, 2.45) is 5.73 Å². The van der Waals surface area contributed by atoms with Gasteiger partial charge in [0.2, 0.25) is 5.91 Å². The standard InChI is InChI=1S/C28H27N5O5S/c29-22-23(26(30)35)32-39-25(22)28(37)33(21-9-3-6-16-5-1-2-8-20(16)21)24(17-10-12-18(34)13-11-17)27(36)31-15-19-7-4-14-38-19/h1-3,5-6,8-13,19,24,34H,4,7,14-15,29H2,(H2,30,35)(H,31,36)/t19-,24-/m0/s1. The van der Waals surface area contributed by atoms with Gasteiger partial charge in [-0.3, -0.25) is 19.3 Å². The third-order valence-electron chi connectivity index (χ3n) is 6.64. The quantitative estimate of drug-likeness (QED) is 0.264. The zero-order chi connectivity index (χ0) is 27.5. The number of ether oxygens (including phenoxy) is 1. The minimum atomic E-state index is -1.16. The molecule has 3 aromatic carbocycles. The summed E-state index contributed by atoms with van der Waals surface area (Å²) in [4.78, 5) is 41.4. The van der Waals surface area contributed by atoms with Gasteiger partial charge in [0.05, 0.1) is 17.5 Å². The highest BCUT2D eigenvalue weighted by molar-refractivity contribution is 7.09. The van der Waals surface area contributed by atoms with Crippen molar-refractivity contribution in [2.45, 2.75) is 25.0 Å². The number of amides is 3. The average Bonchev–Trinajstić information content (AvgIpc) is 3.60. The molecule has 0 bridgehead atoms. The topological polar surface area (TPSA) is 161 Å². The average molecular weight is 546 g/mol. The minimum absolute atomic E-state index is 0.0121. The lowest BCUT2D eigenvalue weighted by atomic mass is 10.00. The number of rotatable bonds is 8. The van der Waals surface area contributed by atoms with E-state index in [-0.39, 0.29) is 34.7 Å². The van der Waals surface area contributed by atoms with Gasteiger partial charge in [0.15, 0.2) is 5.69 Å². The van der Waals surface area contributed by atoms with Gasteiger partial charge in [-0.1, -0.05) is 48.5 Å². The van der Waals surface area contributed by atoms with Crippen LogP contribution < -0.4 is 21.7 Å². The molecule has 4 aromatic rings. The second-order valence-corrected chi connectivity index (χ2v) is 9.96. The van der Waals surface area contributed by atoms with Crippen molar-refractivity contribution in [3.63, 3.8) is 0 Å². The van der Waals surface area contributed by atoms with Crippen molar-refractivity contribution in [3.8, 4) is 5.75 Å². The Hall–Kier alpha value is -4.48. The Morgan fingerprint density at radius 3 is 2.54 bits per heavy atom. The summed E-state index contributed by atoms with van der Waals surface area (Å²) in [7, 11) is 0. The SMILES string of the molecule is NC(=O)c1nsc(C(=O)N(c2cccc3ccccc23)[C@H](C(=O)NC[C@@H]2CCCO2)c2ccc(O)cc2)c1N. The number of nitrogens with two attached hydrogens (primary N) is 2. The molecule has 5 rings (SSSR count). The van der Waals surface area contributed by atoms with Gasteiger partial charge >= 0.3 is 0 Å². The maximum absolute atomic E-state index is 14.3. The predicted molar refractivity (Wildman–Crippen MR) is 149 cm³/mol. The van der Waals surface area contributed by atoms with Gasteiger partial charge in [-0.2, -0.15) is 4.37 Å². The Morgan fingerprint density at radius 1 is 1.10 bits per heavy atom. The van der Waals surface area contributed by atoms with E-state index in [1.54, 1.807) is 24.3 Å². The number of anilines is 2. The van der Waals surface area contributed by atoms with E-state index >= 15 is 0 Å². The van der Waals surface area contributed by atoms with Crippen LogP contribution in [-0.4, -0.2) is 46.5 Å². The van der Waals surface area contributed by atoms with Crippen molar-refractivity contribution in [3.05, 3.63) is 82.9 Å². The smallest absolute Gasteiger partial charge is 0.273 e. The van der Waals surface area contributed by atoms with Crippen molar-refractivity contribution in [2.75, 3.05) is 23.8 Å². The Morgan fingerprint density at radius 2 is 1.85 bits per heavy atom. The maximum Gasteiger partial charge on any atom is 0.273 e. The Kier molecular flexibility index (Phi) is 7.44. The van der Waals surface area contributed by atoms with Crippen molar-refractivity contribution >= 4 is 51.4 Å². The first kappa shape index (κ1) is 26.1. The Balaban J connectivity index is 1.67. The maximum atomic E-state index is 14.3. The van der Waals surface area contributed by atoms with Crippen LogP contribution in [0.2, 0.25) is 0 Å². The summed E-state index contributed by atoms with van der Waals surface area (Å²) in [5.74, 6) is -1.92. The van der Waals surface area contributed by atoms with E-state index in [4.69, 9.17) is 16.2 Å². The summed E-state index contributed by atoms with van der Waals surface area (Å²) in [6.07, 6.45) is 1.62. The number of fused-ring (bicyclic) bond motifs is 1. The van der Waals surface area contributed by atoms with Gasteiger partial charge in [-0.25, -0.2) is 0 Å². The molecule has 0 spiro atoms. The fourth-order valence-electron chi connectivity index (χ4n) is 4.71. The first-order valence-electron chi connectivity index (χ1n) is 12.4. The number of nitrogen functional groups attached to an aromatic ring is 1. The van der Waals surface area contributed by atoms with Gasteiger partial charge in [0.1, 0.15) is 16.7 Å². The highest BCUT2D eigenvalue weighted by Gasteiger charge is 2.37. The summed E-state index contributed by atoms with van der Waals surface area (Å²) in [5.41, 5.74) is 12.1. The lowest BCUT2D eigenvalue weighted by Crippen LogP contribution is -2.45. The molecule has 39 heavy (non-hydrogen) atoms. The van der Waals surface area contributed by atoms with E-state index in [9.17, 15) is 19.5 Å². The van der Waals surface area contributed by atoms with Crippen LogP contribution in [0.1, 0.15) is 44.6 Å². The Bertz CT molecular complexity index is 1530. The van der Waals surface area contributed by atoms with Crippen LogP contribution in [0.25, 0.3) is 10.8 Å². The van der Waals surface area contributed by atoms with Crippen LogP contribution in [0.3, 0.4) is 0 Å². The highest BCUT2D eigenvalue weighted by atomic mass is 32.1. The first-order valence-corrected chi connectivity index (χ1v) is 13.2. The molecule has 0 saturated carbocycles. The van der Waals surface area contributed by atoms with E-state index in [1.165, 1.54) is 17.0 Å². The predicted octanol–water partition coefficient (Wildman–Crippen LogP) is 3.37. The second kappa shape index (κ2) is 11.1. The number of hydrogen-bond acceptors (Lipinski definition) is 8. The molecule has 1 aromatic heterocycles. The zero-order valence-electron chi connectivity index (χ0n) is 20.9. The number of hydrogen-bond donors (Lipinski definition) is 4. The van der Waals surface area contributed by atoms with E-state index in [0.29, 0.717) is 17.9 Å². The fraction of sp³-hybridized carbons (Fsp3) is 0.214. The van der Waals surface area contributed by atoms with Crippen LogP contribution in [0.15, 0.2) is 66.7 Å². The fourth-order valence-corrected chi connectivity index (χ4v) is 5.46. The molecule has 3 amide bonds. The number of aromatic hydroxyl groups is 1. The number of carbonyl (C=O) groups excluding carboxylic acids is 3. The zero-order valence-corrected chi connectivity index (χ0v) is 21.7. The molecule has 0 aliphatic carbocycles. The molecule has 200 valence electrons. The largest absolute Gasteiger partial charge is 0.508 e. The number of phenolic OH excluding ortho intramolecular Hbond substituents is 1. The number of aromatic nitrogens is 1. The molecule has 2 heterocycles. The van der Waals surface area contributed by atoms with Crippen molar-refractivity contribution < 1.29 is 24.2 Å². The molecule has 10 nitrogen and oxygen atoms in total. The van der Waals surface area contributed by atoms with Gasteiger partial charge < -0.3 is 26.6 Å². The number of benzene rings is 3. The number of nitrogens with zero attached hydrogens (tertiary/aromatic N) is 2. The number of nitrogens with one attached hydrogen (secondary N) is 1. The summed E-state index contributed by atoms with van der Waals surface area (Å²) in [6.45, 7) is 0.912. The number of phenols is 1. The molecule has 1 aliphatic heterocycles. The third-order valence-corrected chi connectivity index (χ3v) is 7.49. The molecule has 2 atom stereocenters. The Labute approximate surface area is 228 Å². The molecule has 1 saturated heterocycles. The third kappa shape index (κ3) is 5.27. The van der Waals surface area contributed by atoms with Gasteiger partial charge in [-0.05, 0) is 53.5 Å². The van der Waals surface area contributed by atoms with Crippen LogP contribution in [0.4, 0.5) is 11.4 Å².